The van der Waals surface area contributed by atoms with E-state index in [9.17, 15) is 26.3 Å². The van der Waals surface area contributed by atoms with Gasteiger partial charge in [-0.05, 0) is 42.3 Å². The van der Waals surface area contributed by atoms with E-state index in [4.69, 9.17) is 27.2 Å². The molecular weight excluding hydrogens is 456 g/mol. The first-order valence-electron chi connectivity index (χ1n) is 8.48. The third kappa shape index (κ3) is 6.59. The second kappa shape index (κ2) is 9.14. The van der Waals surface area contributed by atoms with Crippen LogP contribution in [-0.2, 0) is 24.1 Å². The highest BCUT2D eigenvalue weighted by Gasteiger charge is 2.38. The highest BCUT2D eigenvalue weighted by atomic mass is 35.5. The summed E-state index contributed by atoms with van der Waals surface area (Å²) < 4.78 is 70.6. The zero-order valence-electron chi connectivity index (χ0n) is 15.7. The number of aromatic nitrogens is 2. The van der Waals surface area contributed by atoms with Gasteiger partial charge in [0.05, 0.1) is 17.3 Å². The molecule has 14 heteroatoms. The summed E-state index contributed by atoms with van der Waals surface area (Å²) in [5.41, 5.74) is 6.96. The Kier molecular flexibility index (Phi) is 7.21. The summed E-state index contributed by atoms with van der Waals surface area (Å²) in [6.07, 6.45) is -9.53. The van der Waals surface area contributed by atoms with Gasteiger partial charge in [0.15, 0.2) is 0 Å². The van der Waals surface area contributed by atoms with Crippen molar-refractivity contribution < 1.29 is 36.2 Å². The summed E-state index contributed by atoms with van der Waals surface area (Å²) in [5, 5.41) is 13.5. The molecule has 1 aliphatic heterocycles. The van der Waals surface area contributed by atoms with Crippen LogP contribution in [0.4, 0.5) is 37.8 Å². The van der Waals surface area contributed by atoms with Crippen molar-refractivity contribution in [2.24, 2.45) is 0 Å². The fourth-order valence-electron chi connectivity index (χ4n) is 2.64. The number of benzene rings is 1. The van der Waals surface area contributed by atoms with Crippen LogP contribution in [0, 0.1) is 0 Å². The van der Waals surface area contributed by atoms with E-state index in [2.05, 4.69) is 20.6 Å². The molecule has 7 nitrogen and oxygen atoms in total. The molecule has 2 heterocycles. The van der Waals surface area contributed by atoms with Crippen LogP contribution < -0.4 is 16.4 Å². The third-order valence-corrected chi connectivity index (χ3v) is 4.23. The summed E-state index contributed by atoms with van der Waals surface area (Å²) >= 11 is 5.91. The molecule has 0 aliphatic carbocycles. The summed E-state index contributed by atoms with van der Waals surface area (Å²) in [5.74, 6) is -2.24. The SMILES string of the molecule is C[C@@H](Nc1nc(Cl)nc2c1CNC2)c1cc(N)cc(C(F)(F)F)c1.O=C(O)C(F)(F)F. The van der Waals surface area contributed by atoms with Gasteiger partial charge >= 0.3 is 18.3 Å². The number of hydrogen-bond donors (Lipinski definition) is 4. The van der Waals surface area contributed by atoms with Gasteiger partial charge in [-0.2, -0.15) is 26.3 Å². The van der Waals surface area contributed by atoms with Crippen LogP contribution >= 0.6 is 11.6 Å². The highest BCUT2D eigenvalue weighted by molar-refractivity contribution is 6.28. The molecule has 0 saturated carbocycles. The van der Waals surface area contributed by atoms with E-state index in [0.29, 0.717) is 24.5 Å². The molecule has 0 radical (unpaired) electrons. The maximum Gasteiger partial charge on any atom is 0.490 e. The van der Waals surface area contributed by atoms with Gasteiger partial charge in [-0.1, -0.05) is 0 Å². The fourth-order valence-corrected chi connectivity index (χ4v) is 2.82. The number of aliphatic carboxylic acids is 1. The van der Waals surface area contributed by atoms with Gasteiger partial charge in [-0.25, -0.2) is 14.8 Å². The van der Waals surface area contributed by atoms with E-state index >= 15 is 0 Å². The lowest BCUT2D eigenvalue weighted by Gasteiger charge is -2.19. The average molecular weight is 472 g/mol. The van der Waals surface area contributed by atoms with E-state index in [0.717, 1.165) is 23.4 Å². The number of nitrogens with one attached hydrogen (secondary N) is 2. The van der Waals surface area contributed by atoms with Crippen LogP contribution in [0.2, 0.25) is 5.28 Å². The lowest BCUT2D eigenvalue weighted by atomic mass is 10.0. The highest BCUT2D eigenvalue weighted by Crippen LogP contribution is 2.34. The molecule has 0 amide bonds. The van der Waals surface area contributed by atoms with Crippen LogP contribution in [0.15, 0.2) is 18.2 Å². The second-order valence-electron chi connectivity index (χ2n) is 6.43. The summed E-state index contributed by atoms with van der Waals surface area (Å²) in [7, 11) is 0. The Morgan fingerprint density at radius 2 is 1.81 bits per heavy atom. The first-order valence-corrected chi connectivity index (χ1v) is 8.86. The topological polar surface area (TPSA) is 113 Å². The Morgan fingerprint density at radius 3 is 2.35 bits per heavy atom. The van der Waals surface area contributed by atoms with Gasteiger partial charge in [0.2, 0.25) is 5.28 Å². The van der Waals surface area contributed by atoms with E-state index in [-0.39, 0.29) is 11.0 Å². The number of alkyl halides is 6. The molecule has 5 N–H and O–H groups in total. The predicted octanol–water partition coefficient (Wildman–Crippen LogP) is 4.14. The fraction of sp³-hybridized carbons (Fsp3) is 0.353. The molecule has 1 aromatic heterocycles. The predicted molar refractivity (Wildman–Crippen MR) is 99.2 cm³/mol. The van der Waals surface area contributed by atoms with Gasteiger partial charge in [0, 0.05) is 24.3 Å². The molecule has 0 bridgehead atoms. The molecule has 1 atom stereocenters. The van der Waals surface area contributed by atoms with Gasteiger partial charge in [-0.15, -0.1) is 0 Å². The van der Waals surface area contributed by atoms with Crippen molar-refractivity contribution in [2.45, 2.75) is 38.4 Å². The maximum atomic E-state index is 12.9. The van der Waals surface area contributed by atoms with Crippen LogP contribution in [0.5, 0.6) is 0 Å². The van der Waals surface area contributed by atoms with E-state index < -0.39 is 29.9 Å². The van der Waals surface area contributed by atoms with Crippen LogP contribution in [0.25, 0.3) is 0 Å². The summed E-state index contributed by atoms with van der Waals surface area (Å²) in [6.45, 7) is 2.89. The minimum atomic E-state index is -5.08. The van der Waals surface area contributed by atoms with Crippen molar-refractivity contribution in [3.63, 3.8) is 0 Å². The zero-order chi connectivity index (χ0) is 23.6. The van der Waals surface area contributed by atoms with E-state index in [1.807, 2.05) is 0 Å². The number of rotatable bonds is 3. The van der Waals surface area contributed by atoms with Gasteiger partial charge in [-0.3, -0.25) is 0 Å². The number of fused-ring (bicyclic) bond motifs is 1. The number of carboxylic acid groups (broad SMARTS) is 1. The second-order valence-corrected chi connectivity index (χ2v) is 6.76. The van der Waals surface area contributed by atoms with Crippen molar-refractivity contribution in [3.8, 4) is 0 Å². The van der Waals surface area contributed by atoms with Gasteiger partial charge < -0.3 is 21.5 Å². The Morgan fingerprint density at radius 1 is 1.19 bits per heavy atom. The van der Waals surface area contributed by atoms with Crippen molar-refractivity contribution in [1.82, 2.24) is 15.3 Å². The number of anilines is 2. The molecule has 1 aliphatic rings. The molecular formula is C17H16ClF6N5O2. The lowest BCUT2D eigenvalue weighted by Crippen LogP contribution is -2.21. The van der Waals surface area contributed by atoms with Crippen molar-refractivity contribution >= 4 is 29.1 Å². The summed E-state index contributed by atoms with van der Waals surface area (Å²) in [6, 6.07) is 3.06. The largest absolute Gasteiger partial charge is 0.490 e. The van der Waals surface area contributed by atoms with Crippen LogP contribution in [-0.4, -0.2) is 27.2 Å². The number of halogens is 7. The smallest absolute Gasteiger partial charge is 0.475 e. The minimum Gasteiger partial charge on any atom is -0.475 e. The number of nitrogen functional groups attached to an aromatic ring is 1. The van der Waals surface area contributed by atoms with E-state index in [1.54, 1.807) is 6.92 Å². The maximum absolute atomic E-state index is 12.9. The molecule has 0 saturated heterocycles. The minimum absolute atomic E-state index is 0.0566. The number of nitrogens with zero attached hydrogens (tertiary/aromatic N) is 2. The van der Waals surface area contributed by atoms with Crippen molar-refractivity contribution in [2.75, 3.05) is 11.1 Å². The standard InChI is InChI=1S/C15H15ClF3N5.C2HF3O2/c1-7(8-2-9(15(17,18)19)4-10(20)3-8)22-13-11-5-21-6-12(11)23-14(16)24-13;3-2(4,5)1(6)7/h2-4,7,21H,5-6,20H2,1H3,(H,22,23,24);(H,6,7)/t7-;/m1./s1. The molecule has 170 valence electrons. The van der Waals surface area contributed by atoms with Crippen LogP contribution in [0.3, 0.4) is 0 Å². The first-order chi connectivity index (χ1) is 14.2. The number of carbonyl (C=O) groups is 1. The number of nitrogens with two attached hydrogens (primary N) is 1. The Bertz CT molecular complexity index is 967. The normalized spacial score (nSPS) is 14.3. The van der Waals surface area contributed by atoms with Gasteiger partial charge in [0.1, 0.15) is 5.82 Å². The first kappa shape index (κ1) is 24.5. The van der Waals surface area contributed by atoms with Crippen molar-refractivity contribution in [1.29, 1.82) is 0 Å². The molecule has 2 aromatic rings. The number of hydrogen-bond acceptors (Lipinski definition) is 6. The molecule has 0 spiro atoms. The molecule has 0 unspecified atom stereocenters. The van der Waals surface area contributed by atoms with E-state index in [1.165, 1.54) is 6.07 Å². The van der Waals surface area contributed by atoms with Crippen LogP contribution in [0.1, 0.15) is 35.3 Å². The zero-order valence-corrected chi connectivity index (χ0v) is 16.5. The number of carboxylic acids is 1. The van der Waals surface area contributed by atoms with Crippen molar-refractivity contribution in [3.05, 3.63) is 45.9 Å². The molecule has 3 rings (SSSR count). The third-order valence-electron chi connectivity index (χ3n) is 4.06. The molecule has 0 fully saturated rings. The molecule has 31 heavy (non-hydrogen) atoms. The monoisotopic (exact) mass is 471 g/mol. The lowest BCUT2D eigenvalue weighted by molar-refractivity contribution is -0.192. The molecule has 1 aromatic carbocycles. The summed E-state index contributed by atoms with van der Waals surface area (Å²) in [4.78, 5) is 17.2. The Hall–Kier alpha value is -2.80. The van der Waals surface area contributed by atoms with Gasteiger partial charge in [0.25, 0.3) is 0 Å². The Balaban J connectivity index is 0.000000423. The Labute approximate surface area is 176 Å². The quantitative estimate of drug-likeness (QED) is 0.302. The average Bonchev–Trinajstić information content (AvgIpc) is 3.08.